The second kappa shape index (κ2) is 7.77. The molecule has 1 aromatic rings. The minimum atomic E-state index is -4.26. The highest BCUT2D eigenvalue weighted by Crippen LogP contribution is 2.21. The van der Waals surface area contributed by atoms with E-state index in [0.29, 0.717) is 6.54 Å². The van der Waals surface area contributed by atoms with Crippen LogP contribution in [0.3, 0.4) is 0 Å². The maximum atomic E-state index is 12.0. The molecular formula is C13H19F3N2O2S. The molecule has 21 heavy (non-hydrogen) atoms. The quantitative estimate of drug-likeness (QED) is 0.722. The van der Waals surface area contributed by atoms with Crippen molar-refractivity contribution in [2.24, 2.45) is 0 Å². The van der Waals surface area contributed by atoms with Crippen molar-refractivity contribution in [2.75, 3.05) is 13.1 Å². The zero-order chi connectivity index (χ0) is 15.9. The SMILES string of the molecule is CCNCc1ccc(S(=O)(=O)NCCCC(F)(F)F)cc1. The van der Waals surface area contributed by atoms with E-state index in [9.17, 15) is 21.6 Å². The molecule has 0 heterocycles. The molecular weight excluding hydrogens is 305 g/mol. The van der Waals surface area contributed by atoms with Crippen molar-refractivity contribution >= 4 is 10.0 Å². The zero-order valence-corrected chi connectivity index (χ0v) is 12.5. The normalized spacial score (nSPS) is 12.6. The highest BCUT2D eigenvalue weighted by atomic mass is 32.2. The van der Waals surface area contributed by atoms with Crippen LogP contribution in [0, 0.1) is 0 Å². The number of benzene rings is 1. The molecule has 0 aromatic heterocycles. The molecule has 1 aromatic carbocycles. The molecule has 0 radical (unpaired) electrons. The topological polar surface area (TPSA) is 58.2 Å². The third kappa shape index (κ3) is 6.92. The van der Waals surface area contributed by atoms with E-state index in [-0.39, 0.29) is 17.9 Å². The van der Waals surface area contributed by atoms with Gasteiger partial charge in [0.2, 0.25) is 10.0 Å². The van der Waals surface area contributed by atoms with Crippen LogP contribution in [-0.2, 0) is 16.6 Å². The molecule has 0 aliphatic carbocycles. The molecule has 0 fully saturated rings. The number of hydrogen-bond donors (Lipinski definition) is 2. The van der Waals surface area contributed by atoms with Crippen molar-refractivity contribution in [2.45, 2.75) is 37.4 Å². The van der Waals surface area contributed by atoms with E-state index in [1.807, 2.05) is 6.92 Å². The fourth-order valence-electron chi connectivity index (χ4n) is 1.63. The summed E-state index contributed by atoms with van der Waals surface area (Å²) in [5.74, 6) is 0. The largest absolute Gasteiger partial charge is 0.389 e. The van der Waals surface area contributed by atoms with Gasteiger partial charge in [0.05, 0.1) is 4.90 Å². The summed E-state index contributed by atoms with van der Waals surface area (Å²) in [4.78, 5) is 0.0507. The van der Waals surface area contributed by atoms with Crippen LogP contribution in [-0.4, -0.2) is 27.7 Å². The van der Waals surface area contributed by atoms with E-state index in [2.05, 4.69) is 10.0 Å². The predicted molar refractivity (Wildman–Crippen MR) is 74.3 cm³/mol. The molecule has 0 saturated heterocycles. The van der Waals surface area contributed by atoms with Gasteiger partial charge in [-0.05, 0) is 30.7 Å². The van der Waals surface area contributed by atoms with Gasteiger partial charge >= 0.3 is 6.18 Å². The third-order valence-electron chi connectivity index (χ3n) is 2.74. The lowest BCUT2D eigenvalue weighted by Gasteiger charge is -2.09. The summed E-state index contributed by atoms with van der Waals surface area (Å²) in [6, 6.07) is 6.23. The van der Waals surface area contributed by atoms with E-state index in [4.69, 9.17) is 0 Å². The van der Waals surface area contributed by atoms with Crippen molar-refractivity contribution < 1.29 is 21.6 Å². The first-order valence-corrected chi connectivity index (χ1v) is 8.09. The molecule has 0 bridgehead atoms. The van der Waals surface area contributed by atoms with Gasteiger partial charge in [-0.15, -0.1) is 0 Å². The van der Waals surface area contributed by atoms with Crippen molar-refractivity contribution in [3.63, 3.8) is 0 Å². The maximum Gasteiger partial charge on any atom is 0.389 e. The second-order valence-corrected chi connectivity index (χ2v) is 6.31. The third-order valence-corrected chi connectivity index (χ3v) is 4.22. The molecule has 4 nitrogen and oxygen atoms in total. The summed E-state index contributed by atoms with van der Waals surface area (Å²) in [6.45, 7) is 3.17. The van der Waals surface area contributed by atoms with E-state index in [1.165, 1.54) is 12.1 Å². The first-order valence-electron chi connectivity index (χ1n) is 6.60. The van der Waals surface area contributed by atoms with Gasteiger partial charge in [-0.2, -0.15) is 13.2 Å². The van der Waals surface area contributed by atoms with Crippen molar-refractivity contribution in [1.82, 2.24) is 10.0 Å². The van der Waals surface area contributed by atoms with Gasteiger partial charge in [-0.3, -0.25) is 0 Å². The molecule has 0 amide bonds. The summed E-state index contributed by atoms with van der Waals surface area (Å²) in [6.07, 6.45) is -5.54. The lowest BCUT2D eigenvalue weighted by atomic mass is 10.2. The van der Waals surface area contributed by atoms with Gasteiger partial charge in [0.15, 0.2) is 0 Å². The maximum absolute atomic E-state index is 12.0. The molecule has 8 heteroatoms. The van der Waals surface area contributed by atoms with Gasteiger partial charge in [-0.1, -0.05) is 19.1 Å². The zero-order valence-electron chi connectivity index (χ0n) is 11.7. The van der Waals surface area contributed by atoms with Crippen LogP contribution in [0.5, 0.6) is 0 Å². The molecule has 1 rings (SSSR count). The van der Waals surface area contributed by atoms with E-state index >= 15 is 0 Å². The van der Waals surface area contributed by atoms with Gasteiger partial charge in [-0.25, -0.2) is 13.1 Å². The molecule has 120 valence electrons. The molecule has 0 atom stereocenters. The monoisotopic (exact) mass is 324 g/mol. The number of sulfonamides is 1. The number of rotatable bonds is 8. The fraction of sp³-hybridized carbons (Fsp3) is 0.538. The Labute approximate surface area is 122 Å². The average molecular weight is 324 g/mol. The Kier molecular flexibility index (Phi) is 6.63. The minimum Gasteiger partial charge on any atom is -0.313 e. The van der Waals surface area contributed by atoms with Gasteiger partial charge in [0.1, 0.15) is 0 Å². The van der Waals surface area contributed by atoms with Gasteiger partial charge in [0, 0.05) is 19.5 Å². The number of halogens is 3. The molecule has 0 aliphatic heterocycles. The van der Waals surface area contributed by atoms with E-state index in [1.54, 1.807) is 12.1 Å². The number of hydrogen-bond acceptors (Lipinski definition) is 3. The lowest BCUT2D eigenvalue weighted by molar-refractivity contribution is -0.135. The van der Waals surface area contributed by atoms with Gasteiger partial charge < -0.3 is 5.32 Å². The highest BCUT2D eigenvalue weighted by molar-refractivity contribution is 7.89. The molecule has 0 spiro atoms. The molecule has 2 N–H and O–H groups in total. The second-order valence-electron chi connectivity index (χ2n) is 4.54. The summed E-state index contributed by atoms with van der Waals surface area (Å²) in [5, 5.41) is 3.11. The Morgan fingerprint density at radius 2 is 1.76 bits per heavy atom. The van der Waals surface area contributed by atoms with Crippen LogP contribution in [0.2, 0.25) is 0 Å². The van der Waals surface area contributed by atoms with Crippen LogP contribution >= 0.6 is 0 Å². The van der Waals surface area contributed by atoms with E-state index in [0.717, 1.165) is 12.1 Å². The molecule has 0 unspecified atom stereocenters. The van der Waals surface area contributed by atoms with Crippen molar-refractivity contribution in [1.29, 1.82) is 0 Å². The summed E-state index contributed by atoms with van der Waals surface area (Å²) in [7, 11) is -3.75. The van der Waals surface area contributed by atoms with Crippen LogP contribution < -0.4 is 10.0 Å². The average Bonchev–Trinajstić information content (AvgIpc) is 2.41. The van der Waals surface area contributed by atoms with E-state index < -0.39 is 22.6 Å². The smallest absolute Gasteiger partial charge is 0.313 e. The Balaban J connectivity index is 2.54. The number of nitrogens with one attached hydrogen (secondary N) is 2. The standard InChI is InChI=1S/C13H19F3N2O2S/c1-2-17-10-11-4-6-12(7-5-11)21(19,20)18-9-3-8-13(14,15)16/h4-7,17-18H,2-3,8-10H2,1H3. The van der Waals surface area contributed by atoms with Crippen molar-refractivity contribution in [3.8, 4) is 0 Å². The first kappa shape index (κ1) is 17.9. The van der Waals surface area contributed by atoms with Crippen LogP contribution in [0.15, 0.2) is 29.2 Å². The summed E-state index contributed by atoms with van der Waals surface area (Å²) in [5.41, 5.74) is 0.938. The van der Waals surface area contributed by atoms with Crippen LogP contribution in [0.4, 0.5) is 13.2 Å². The summed E-state index contributed by atoms with van der Waals surface area (Å²) >= 11 is 0. The highest BCUT2D eigenvalue weighted by Gasteiger charge is 2.26. The van der Waals surface area contributed by atoms with Crippen LogP contribution in [0.25, 0.3) is 0 Å². The van der Waals surface area contributed by atoms with Crippen molar-refractivity contribution in [3.05, 3.63) is 29.8 Å². The lowest BCUT2D eigenvalue weighted by Crippen LogP contribution is -2.26. The van der Waals surface area contributed by atoms with Crippen LogP contribution in [0.1, 0.15) is 25.3 Å². The first-order chi connectivity index (χ1) is 9.74. The Hall–Kier alpha value is -1.12. The Morgan fingerprint density at radius 1 is 1.14 bits per heavy atom. The minimum absolute atomic E-state index is 0.0507. The Morgan fingerprint density at radius 3 is 2.29 bits per heavy atom. The predicted octanol–water partition coefficient (Wildman–Crippen LogP) is 2.42. The van der Waals surface area contributed by atoms with Gasteiger partial charge in [0.25, 0.3) is 0 Å². The molecule has 0 saturated carbocycles. The fourth-order valence-corrected chi connectivity index (χ4v) is 2.71. The molecule has 0 aliphatic rings. The Bertz CT molecular complexity index is 527. The summed E-state index contributed by atoms with van der Waals surface area (Å²) < 4.78 is 61.8. The number of alkyl halides is 3.